The van der Waals surface area contributed by atoms with Crippen LogP contribution in [-0.2, 0) is 7.05 Å². The number of rotatable bonds is 5. The second kappa shape index (κ2) is 7.66. The molecule has 0 saturated heterocycles. The van der Waals surface area contributed by atoms with Crippen LogP contribution in [0.1, 0.15) is 19.4 Å². The molecule has 0 aliphatic rings. The van der Waals surface area contributed by atoms with E-state index in [4.69, 9.17) is 9.72 Å². The van der Waals surface area contributed by atoms with E-state index in [2.05, 4.69) is 26.4 Å². The van der Waals surface area contributed by atoms with Crippen molar-refractivity contribution in [3.05, 3.63) is 36.2 Å². The van der Waals surface area contributed by atoms with Gasteiger partial charge in [0.15, 0.2) is 16.9 Å². The third-order valence-corrected chi connectivity index (χ3v) is 4.95. The SMILES string of the molecule is Cc1ccc2c(-c3cnc4[nH]cc(OC(=O)NC(C)(C)CN(C)C)c4n3)nn(C)c2c1. The Morgan fingerprint density at radius 3 is 2.84 bits per heavy atom. The van der Waals surface area contributed by atoms with Gasteiger partial charge in [-0.25, -0.2) is 14.8 Å². The fraction of sp³-hybridized carbons (Fsp3) is 0.364. The molecule has 1 amide bonds. The summed E-state index contributed by atoms with van der Waals surface area (Å²) in [6, 6.07) is 6.17. The number of amides is 1. The highest BCUT2D eigenvalue weighted by Crippen LogP contribution is 2.30. The number of nitrogens with one attached hydrogen (secondary N) is 2. The van der Waals surface area contributed by atoms with E-state index >= 15 is 0 Å². The molecule has 0 atom stereocenters. The number of hydrogen-bond donors (Lipinski definition) is 2. The molecular formula is C22H27N7O2. The van der Waals surface area contributed by atoms with Crippen LogP contribution < -0.4 is 10.1 Å². The lowest BCUT2D eigenvalue weighted by Crippen LogP contribution is -2.50. The van der Waals surface area contributed by atoms with E-state index in [1.54, 1.807) is 12.4 Å². The maximum absolute atomic E-state index is 12.5. The summed E-state index contributed by atoms with van der Waals surface area (Å²) in [5.74, 6) is 0.318. The van der Waals surface area contributed by atoms with Crippen molar-refractivity contribution in [1.82, 2.24) is 34.9 Å². The molecule has 4 rings (SSSR count). The predicted molar refractivity (Wildman–Crippen MR) is 120 cm³/mol. The second-order valence-corrected chi connectivity index (χ2v) is 8.73. The maximum atomic E-state index is 12.5. The van der Waals surface area contributed by atoms with Gasteiger partial charge in [0.05, 0.1) is 17.3 Å². The Kier molecular flexibility index (Phi) is 5.14. The van der Waals surface area contributed by atoms with Crippen LogP contribution in [0.25, 0.3) is 33.5 Å². The molecule has 31 heavy (non-hydrogen) atoms. The van der Waals surface area contributed by atoms with Gasteiger partial charge >= 0.3 is 6.09 Å². The second-order valence-electron chi connectivity index (χ2n) is 8.73. The van der Waals surface area contributed by atoms with Gasteiger partial charge in [0.25, 0.3) is 0 Å². The molecule has 9 nitrogen and oxygen atoms in total. The van der Waals surface area contributed by atoms with Crippen LogP contribution in [0.15, 0.2) is 30.6 Å². The zero-order valence-corrected chi connectivity index (χ0v) is 18.6. The fourth-order valence-electron chi connectivity index (χ4n) is 3.85. The zero-order valence-electron chi connectivity index (χ0n) is 18.6. The molecule has 9 heteroatoms. The first-order valence-corrected chi connectivity index (χ1v) is 10.1. The molecule has 2 N–H and O–H groups in total. The number of fused-ring (bicyclic) bond motifs is 2. The van der Waals surface area contributed by atoms with Crippen LogP contribution in [0, 0.1) is 6.92 Å². The van der Waals surface area contributed by atoms with E-state index in [-0.39, 0.29) is 0 Å². The molecule has 0 radical (unpaired) electrons. The number of likely N-dealkylation sites (N-methyl/N-ethyl adjacent to an activating group) is 1. The van der Waals surface area contributed by atoms with E-state index in [1.165, 1.54) is 0 Å². The molecule has 0 fully saturated rings. The average molecular weight is 422 g/mol. The maximum Gasteiger partial charge on any atom is 0.413 e. The number of aromatic nitrogens is 5. The van der Waals surface area contributed by atoms with Crippen LogP contribution in [0.3, 0.4) is 0 Å². The number of carbonyl (C=O) groups excluding carboxylic acids is 1. The summed E-state index contributed by atoms with van der Waals surface area (Å²) in [5.41, 5.74) is 4.08. The van der Waals surface area contributed by atoms with Gasteiger partial charge < -0.3 is 19.9 Å². The summed E-state index contributed by atoms with van der Waals surface area (Å²) in [6.07, 6.45) is 2.72. The zero-order chi connectivity index (χ0) is 22.3. The normalized spacial score (nSPS) is 12.1. The highest BCUT2D eigenvalue weighted by Gasteiger charge is 2.23. The average Bonchev–Trinajstić information content (AvgIpc) is 3.21. The summed E-state index contributed by atoms with van der Waals surface area (Å²) < 4.78 is 7.39. The number of aromatic amines is 1. The Labute approximate surface area is 180 Å². The quantitative estimate of drug-likeness (QED) is 0.513. The first-order valence-electron chi connectivity index (χ1n) is 10.1. The Hall–Kier alpha value is -3.46. The van der Waals surface area contributed by atoms with Crippen LogP contribution in [0.5, 0.6) is 5.75 Å². The van der Waals surface area contributed by atoms with Crippen LogP contribution in [0.4, 0.5) is 4.79 Å². The van der Waals surface area contributed by atoms with Gasteiger partial charge in [-0.3, -0.25) is 4.68 Å². The van der Waals surface area contributed by atoms with Crippen molar-refractivity contribution in [2.24, 2.45) is 7.05 Å². The summed E-state index contributed by atoms with van der Waals surface area (Å²) in [6.45, 7) is 6.60. The number of benzene rings is 1. The van der Waals surface area contributed by atoms with Gasteiger partial charge in [-0.2, -0.15) is 5.10 Å². The first kappa shape index (κ1) is 20.8. The van der Waals surface area contributed by atoms with E-state index in [0.717, 1.165) is 22.2 Å². The van der Waals surface area contributed by atoms with Gasteiger partial charge in [-0.15, -0.1) is 0 Å². The number of ether oxygens (including phenoxy) is 1. The Morgan fingerprint density at radius 1 is 1.32 bits per heavy atom. The van der Waals surface area contributed by atoms with Gasteiger partial charge in [-0.05, 0) is 46.5 Å². The minimum Gasteiger partial charge on any atom is -0.406 e. The molecule has 0 aliphatic heterocycles. The van der Waals surface area contributed by atoms with Crippen molar-refractivity contribution in [2.75, 3.05) is 20.6 Å². The molecule has 162 valence electrons. The van der Waals surface area contributed by atoms with Gasteiger partial charge in [0, 0.05) is 25.2 Å². The summed E-state index contributed by atoms with van der Waals surface area (Å²) in [7, 11) is 5.81. The summed E-state index contributed by atoms with van der Waals surface area (Å²) >= 11 is 0. The van der Waals surface area contributed by atoms with Crippen LogP contribution in [-0.4, -0.2) is 61.9 Å². The molecule has 0 unspecified atom stereocenters. The van der Waals surface area contributed by atoms with Crippen LogP contribution >= 0.6 is 0 Å². The number of carbonyl (C=O) groups is 1. The van der Waals surface area contributed by atoms with Gasteiger partial charge in [-0.1, -0.05) is 12.1 Å². The third kappa shape index (κ3) is 4.22. The molecular weight excluding hydrogens is 394 g/mol. The van der Waals surface area contributed by atoms with Crippen molar-refractivity contribution in [1.29, 1.82) is 0 Å². The van der Waals surface area contributed by atoms with Crippen LogP contribution in [0.2, 0.25) is 0 Å². The van der Waals surface area contributed by atoms with Crippen molar-refractivity contribution in [3.8, 4) is 17.1 Å². The minimum atomic E-state index is -0.543. The van der Waals surface area contributed by atoms with Gasteiger partial charge in [0.1, 0.15) is 11.4 Å². The Bertz CT molecular complexity index is 1270. The molecule has 0 spiro atoms. The highest BCUT2D eigenvalue weighted by atomic mass is 16.6. The Balaban J connectivity index is 1.65. The minimum absolute atomic E-state index is 0.318. The topological polar surface area (TPSA) is 101 Å². The molecule has 1 aromatic carbocycles. The third-order valence-electron chi connectivity index (χ3n) is 4.95. The van der Waals surface area contributed by atoms with Gasteiger partial charge in [0.2, 0.25) is 0 Å². The molecule has 0 bridgehead atoms. The smallest absolute Gasteiger partial charge is 0.406 e. The van der Waals surface area contributed by atoms with E-state index in [1.807, 2.05) is 63.6 Å². The number of nitrogens with zero attached hydrogens (tertiary/aromatic N) is 5. The molecule has 0 aliphatic carbocycles. The number of aryl methyl sites for hydroxylation is 2. The molecule has 0 saturated carbocycles. The molecule has 3 heterocycles. The largest absolute Gasteiger partial charge is 0.413 e. The lowest BCUT2D eigenvalue weighted by Gasteiger charge is -2.28. The molecule has 4 aromatic rings. The molecule has 3 aromatic heterocycles. The number of hydrogen-bond acceptors (Lipinski definition) is 6. The predicted octanol–water partition coefficient (Wildman–Crippen LogP) is 3.25. The van der Waals surface area contributed by atoms with Crippen molar-refractivity contribution >= 4 is 28.2 Å². The van der Waals surface area contributed by atoms with E-state index in [9.17, 15) is 4.79 Å². The monoisotopic (exact) mass is 421 g/mol. The van der Waals surface area contributed by atoms with Crippen molar-refractivity contribution < 1.29 is 9.53 Å². The summed E-state index contributed by atoms with van der Waals surface area (Å²) in [5, 5.41) is 8.52. The standard InChI is InChI=1S/C22H27N7O2/c1-13-7-8-14-16(9-13)29(6)27-18(14)15-10-23-20-19(25-15)17(11-24-20)31-21(30)26-22(2,3)12-28(4)5/h7-11H,12H2,1-6H3,(H,23,24)(H,26,30). The lowest BCUT2D eigenvalue weighted by atomic mass is 10.1. The summed E-state index contributed by atoms with van der Waals surface area (Å²) in [4.78, 5) is 26.6. The fourth-order valence-corrected chi connectivity index (χ4v) is 3.85. The van der Waals surface area contributed by atoms with E-state index in [0.29, 0.717) is 29.2 Å². The highest BCUT2D eigenvalue weighted by molar-refractivity contribution is 5.94. The van der Waals surface area contributed by atoms with E-state index < -0.39 is 11.6 Å². The Morgan fingerprint density at radius 2 is 2.10 bits per heavy atom. The van der Waals surface area contributed by atoms with Crippen molar-refractivity contribution in [3.63, 3.8) is 0 Å². The lowest BCUT2D eigenvalue weighted by molar-refractivity contribution is 0.181. The van der Waals surface area contributed by atoms with Crippen molar-refractivity contribution in [2.45, 2.75) is 26.3 Å². The number of H-pyrrole nitrogens is 1. The first-order chi connectivity index (χ1) is 14.6.